The van der Waals surface area contributed by atoms with Gasteiger partial charge < -0.3 is 15.3 Å². The largest absolute Gasteiger partial charge is 0.350 e. The summed E-state index contributed by atoms with van der Waals surface area (Å²) in [4.78, 5) is 9.97. The summed E-state index contributed by atoms with van der Waals surface area (Å²) < 4.78 is 0. The molecule has 3 nitrogen and oxygen atoms in total. The fraction of sp³-hybridized carbons (Fsp3) is 0.833. The van der Waals surface area contributed by atoms with Crippen molar-refractivity contribution in [1.82, 2.24) is 10.5 Å². The highest BCUT2D eigenvalue weighted by atomic mass is 16.1. The zero-order valence-corrected chi connectivity index (χ0v) is 6.10. The summed E-state index contributed by atoms with van der Waals surface area (Å²) in [5.41, 5.74) is 0. The third-order valence-corrected chi connectivity index (χ3v) is 1.83. The van der Waals surface area contributed by atoms with Crippen molar-refractivity contribution in [2.24, 2.45) is 0 Å². The first kappa shape index (κ1) is 7.76. The van der Waals surface area contributed by atoms with Gasteiger partial charge in [0.05, 0.1) is 6.19 Å². The summed E-state index contributed by atoms with van der Waals surface area (Å²) in [5.74, 6) is 0. The molecular weight excluding hydrogens is 127 g/mol. The average molecular weight is 140 g/mol. The maximum Gasteiger partial charge on any atom is 0.278 e. The zero-order chi connectivity index (χ0) is 7.23. The summed E-state index contributed by atoms with van der Waals surface area (Å²) in [6, 6.07) is 0.562. The van der Waals surface area contributed by atoms with Crippen LogP contribution in [0.4, 0.5) is 0 Å². The topological polar surface area (TPSA) is 41.1 Å². The van der Waals surface area contributed by atoms with Crippen LogP contribution in [0.25, 0.3) is 0 Å². The van der Waals surface area contributed by atoms with Crippen molar-refractivity contribution in [2.45, 2.75) is 18.9 Å². The molecular formula is C6H13BN2O. The molecule has 1 rings (SSSR count). The second-order valence-corrected chi connectivity index (χ2v) is 2.60. The maximum atomic E-state index is 9.97. The predicted octanol–water partition coefficient (Wildman–Crippen LogP) is -1.13. The van der Waals surface area contributed by atoms with Crippen molar-refractivity contribution in [1.29, 1.82) is 0 Å². The number of carbonyl (C=O) groups excluding carboxylic acids is 1. The third kappa shape index (κ3) is 2.50. The normalized spacial score (nSPS) is 20.4. The average Bonchev–Trinajstić information content (AvgIpc) is 2.03. The summed E-state index contributed by atoms with van der Waals surface area (Å²) in [6.07, 6.45) is 3.21. The highest BCUT2D eigenvalue weighted by Gasteiger charge is 2.10. The first-order valence-corrected chi connectivity index (χ1v) is 3.81. The van der Waals surface area contributed by atoms with Crippen LogP contribution in [0.15, 0.2) is 0 Å². The first-order valence-electron chi connectivity index (χ1n) is 3.81. The van der Waals surface area contributed by atoms with Crippen molar-refractivity contribution < 1.29 is 4.79 Å². The van der Waals surface area contributed by atoms with Crippen LogP contribution in [0.3, 0.4) is 0 Å². The van der Waals surface area contributed by atoms with Crippen LogP contribution in [0.2, 0.25) is 0 Å². The number of carbonyl (C=O) groups is 1. The van der Waals surface area contributed by atoms with Gasteiger partial charge in [-0.1, -0.05) is 0 Å². The van der Waals surface area contributed by atoms with E-state index >= 15 is 0 Å². The number of hydrogen-bond acceptors (Lipinski definition) is 3. The Labute approximate surface area is 61.8 Å². The van der Waals surface area contributed by atoms with Gasteiger partial charge in [-0.15, -0.1) is 0 Å². The van der Waals surface area contributed by atoms with Crippen molar-refractivity contribution >= 4 is 13.6 Å². The molecule has 2 N–H and O–H groups in total. The maximum absolute atomic E-state index is 9.97. The van der Waals surface area contributed by atoms with E-state index in [0.29, 0.717) is 13.5 Å². The molecule has 56 valence electrons. The number of piperidine rings is 1. The van der Waals surface area contributed by atoms with E-state index in [1.165, 1.54) is 0 Å². The Morgan fingerprint density at radius 2 is 2.20 bits per heavy atom. The molecule has 1 aliphatic heterocycles. The number of nitrogens with one attached hydrogen (secondary N) is 2. The second kappa shape index (κ2) is 4.47. The van der Waals surface area contributed by atoms with Crippen molar-refractivity contribution in [3.63, 3.8) is 0 Å². The van der Waals surface area contributed by atoms with Gasteiger partial charge in [-0.3, -0.25) is 0 Å². The molecule has 0 amide bonds. The molecule has 0 spiro atoms. The summed E-state index contributed by atoms with van der Waals surface area (Å²) >= 11 is 0. The Bertz CT molecular complexity index is 104. The van der Waals surface area contributed by atoms with Crippen LogP contribution in [0.1, 0.15) is 12.8 Å². The summed E-state index contributed by atoms with van der Waals surface area (Å²) in [5, 5.41) is 6.43. The van der Waals surface area contributed by atoms with E-state index in [0.717, 1.165) is 32.1 Å². The van der Waals surface area contributed by atoms with Crippen molar-refractivity contribution in [3.05, 3.63) is 0 Å². The summed E-state index contributed by atoms with van der Waals surface area (Å²) in [7, 11) is 0.505. The molecule has 0 aromatic rings. The van der Waals surface area contributed by atoms with E-state index in [-0.39, 0.29) is 0 Å². The second-order valence-electron chi connectivity index (χ2n) is 2.60. The van der Waals surface area contributed by atoms with Gasteiger partial charge >= 0.3 is 0 Å². The predicted molar refractivity (Wildman–Crippen MR) is 42.9 cm³/mol. The van der Waals surface area contributed by atoms with Gasteiger partial charge in [-0.2, -0.15) is 0 Å². The molecule has 0 unspecified atom stereocenters. The molecule has 1 saturated heterocycles. The Morgan fingerprint density at radius 3 is 2.80 bits per heavy atom. The highest BCUT2D eigenvalue weighted by molar-refractivity contribution is 6.64. The highest BCUT2D eigenvalue weighted by Crippen LogP contribution is 1.99. The van der Waals surface area contributed by atoms with Gasteiger partial charge in [0.15, 0.2) is 0 Å². The van der Waals surface area contributed by atoms with Gasteiger partial charge in [0.1, 0.15) is 0 Å². The molecule has 0 radical (unpaired) electrons. The van der Waals surface area contributed by atoms with E-state index < -0.39 is 0 Å². The number of hydrogen-bond donors (Lipinski definition) is 2. The molecule has 1 fully saturated rings. The Kier molecular flexibility index (Phi) is 3.47. The Morgan fingerprint density at radius 1 is 1.50 bits per heavy atom. The van der Waals surface area contributed by atoms with Crippen LogP contribution in [-0.4, -0.2) is 32.7 Å². The zero-order valence-electron chi connectivity index (χ0n) is 6.10. The van der Waals surface area contributed by atoms with E-state index in [1.54, 1.807) is 0 Å². The molecule has 0 aromatic heterocycles. The molecule has 10 heavy (non-hydrogen) atoms. The lowest BCUT2D eigenvalue weighted by atomic mass is 9.93. The quantitative estimate of drug-likeness (QED) is 0.385. The Balaban J connectivity index is 2.07. The molecule has 0 aliphatic carbocycles. The number of rotatable bonds is 3. The van der Waals surface area contributed by atoms with E-state index in [4.69, 9.17) is 0 Å². The lowest BCUT2D eigenvalue weighted by Crippen LogP contribution is -2.41. The first-order chi connectivity index (χ1) is 4.93. The SMILES string of the molecule is O=CBNC1CCNCC1. The van der Waals surface area contributed by atoms with Gasteiger partial charge in [-0.25, -0.2) is 0 Å². The van der Waals surface area contributed by atoms with Crippen molar-refractivity contribution in [3.8, 4) is 0 Å². The van der Waals surface area contributed by atoms with Gasteiger partial charge in [-0.05, 0) is 32.0 Å². The molecule has 0 bridgehead atoms. The lowest BCUT2D eigenvalue weighted by molar-refractivity contribution is 0.435. The molecule has 0 aromatic carbocycles. The fourth-order valence-corrected chi connectivity index (χ4v) is 1.24. The third-order valence-electron chi connectivity index (χ3n) is 1.83. The standard InChI is InChI=1S/C6H13BN2O/c10-5-7-9-6-1-3-8-4-2-6/h5-9H,1-4H2. The molecule has 1 aliphatic rings. The van der Waals surface area contributed by atoms with E-state index in [1.807, 2.05) is 0 Å². The van der Waals surface area contributed by atoms with Crippen LogP contribution >= 0.6 is 0 Å². The van der Waals surface area contributed by atoms with Crippen LogP contribution in [0.5, 0.6) is 0 Å². The minimum Gasteiger partial charge on any atom is -0.350 e. The lowest BCUT2D eigenvalue weighted by Gasteiger charge is -2.22. The Hall–Kier alpha value is -0.345. The van der Waals surface area contributed by atoms with Gasteiger partial charge in [0, 0.05) is 0 Å². The smallest absolute Gasteiger partial charge is 0.278 e. The van der Waals surface area contributed by atoms with Crippen molar-refractivity contribution in [2.75, 3.05) is 13.1 Å². The van der Waals surface area contributed by atoms with Crippen LogP contribution in [0, 0.1) is 0 Å². The van der Waals surface area contributed by atoms with E-state index in [2.05, 4.69) is 10.5 Å². The van der Waals surface area contributed by atoms with Crippen LogP contribution in [-0.2, 0) is 4.79 Å². The minimum absolute atomic E-state index is 0.505. The summed E-state index contributed by atoms with van der Waals surface area (Å²) in [6.45, 7) is 2.16. The minimum atomic E-state index is 0.505. The van der Waals surface area contributed by atoms with E-state index in [9.17, 15) is 4.79 Å². The fourth-order valence-electron chi connectivity index (χ4n) is 1.24. The van der Waals surface area contributed by atoms with Gasteiger partial charge in [0.2, 0.25) is 0 Å². The van der Waals surface area contributed by atoms with Gasteiger partial charge in [0.25, 0.3) is 7.41 Å². The molecule has 4 heteroatoms. The molecule has 0 atom stereocenters. The molecule has 1 heterocycles. The molecule has 0 saturated carbocycles. The van der Waals surface area contributed by atoms with Crippen LogP contribution < -0.4 is 10.5 Å². The monoisotopic (exact) mass is 140 g/mol.